The van der Waals surface area contributed by atoms with Crippen molar-refractivity contribution in [2.45, 2.75) is 50.7 Å². The molecule has 0 radical (unpaired) electrons. The van der Waals surface area contributed by atoms with Crippen LogP contribution in [-0.4, -0.2) is 150 Å². The van der Waals surface area contributed by atoms with E-state index in [1.807, 2.05) is 30.3 Å². The Kier molecular flexibility index (Phi) is 19.5. The number of aliphatic hydroxyl groups excluding tert-OH is 2. The number of Topliss-reactive ketones (excluding diaryl/α,β-unsaturated/α-hetero) is 1. The van der Waals surface area contributed by atoms with Crippen LogP contribution in [0.25, 0.3) is 49.8 Å². The predicted octanol–water partition coefficient (Wildman–Crippen LogP) is 12.4. The fourth-order valence-corrected chi connectivity index (χ4v) is 12.3. The number of fused-ring (bicyclic) bond motifs is 3. The number of anilines is 6. The summed E-state index contributed by atoms with van der Waals surface area (Å²) in [6, 6.07) is 36.4. The van der Waals surface area contributed by atoms with E-state index in [0.29, 0.717) is 85.2 Å². The number of piperidine rings is 3. The van der Waals surface area contributed by atoms with E-state index < -0.39 is 29.7 Å². The molecule has 12 heterocycles. The summed E-state index contributed by atoms with van der Waals surface area (Å²) in [6.07, 6.45) is 19.6. The van der Waals surface area contributed by atoms with Crippen molar-refractivity contribution < 1.29 is 28.2 Å². The van der Waals surface area contributed by atoms with E-state index in [9.17, 15) is 28.2 Å². The third-order valence-electron chi connectivity index (χ3n) is 18.1. The molecule has 3 aromatic carbocycles. The summed E-state index contributed by atoms with van der Waals surface area (Å²) in [6.45, 7) is 5.78. The van der Waals surface area contributed by atoms with Crippen LogP contribution in [0.4, 0.5) is 47.7 Å². The molecule has 0 amide bonds. The van der Waals surface area contributed by atoms with Crippen LogP contribution in [0.3, 0.4) is 0 Å². The molecule has 0 unspecified atom stereocenters. The quantitative estimate of drug-likeness (QED) is 0.0600. The first kappa shape index (κ1) is 64.3. The second kappa shape index (κ2) is 29.1. The molecule has 24 heteroatoms. The van der Waals surface area contributed by atoms with Gasteiger partial charge in [-0.15, -0.1) is 0 Å². The van der Waals surface area contributed by atoms with Crippen molar-refractivity contribution in [1.82, 2.24) is 73.9 Å². The molecule has 0 bridgehead atoms. The monoisotopic (exact) mass is 1290 g/mol. The van der Waals surface area contributed by atoms with Crippen LogP contribution < -0.4 is 16.0 Å². The lowest BCUT2D eigenvalue weighted by atomic mass is 9.89. The summed E-state index contributed by atoms with van der Waals surface area (Å²) in [5, 5.41) is 45.7. The first-order valence-corrected chi connectivity index (χ1v) is 32.2. The summed E-state index contributed by atoms with van der Waals surface area (Å²) >= 11 is 0. The van der Waals surface area contributed by atoms with Gasteiger partial charge in [-0.1, -0.05) is 0 Å². The number of benzene rings is 3. The lowest BCUT2D eigenvalue weighted by Crippen LogP contribution is -2.33. The molecular weight excluding hydrogens is 1220 g/mol. The molecular formula is C72H73F3N18O3. The van der Waals surface area contributed by atoms with Crippen LogP contribution in [0.15, 0.2) is 183 Å². The number of rotatable bonds is 15. The number of hydrogen-bond donors (Lipinski definition) is 5. The number of aliphatic hydroxyl groups is 2. The fourth-order valence-electron chi connectivity index (χ4n) is 12.3. The average molecular weight is 1300 g/mol. The lowest BCUT2D eigenvalue weighted by Gasteiger charge is -2.31. The number of nitrogens with zero attached hydrogens (tertiary/aromatic N) is 15. The molecule has 5 N–H and O–H groups in total. The zero-order valence-electron chi connectivity index (χ0n) is 53.3. The molecule has 15 rings (SSSR count). The number of likely N-dealkylation sites (tertiary alicyclic amines) is 3. The van der Waals surface area contributed by atoms with Crippen molar-refractivity contribution >= 4 is 73.0 Å². The van der Waals surface area contributed by atoms with Crippen LogP contribution in [0.2, 0.25) is 0 Å². The average Bonchev–Trinajstić information content (AvgIpc) is 1.22. The third-order valence-corrected chi connectivity index (χ3v) is 18.1. The van der Waals surface area contributed by atoms with Crippen molar-refractivity contribution in [3.8, 4) is 17.1 Å². The number of carbonyl (C=O) groups excluding carboxylic acids is 1. The minimum absolute atomic E-state index is 0.0120. The number of aromatic nitrogens is 12. The molecule has 0 saturated carbocycles. The van der Waals surface area contributed by atoms with Crippen LogP contribution in [0.5, 0.6) is 0 Å². The zero-order valence-corrected chi connectivity index (χ0v) is 53.3. The SMILES string of the molecule is CN1CCC(C(=O)c2ccc3cnc(Nc4ccc(-n5cccn5)cc4F)cc3n2)CC1.CN1CCC([C@@H](O)c2ccc3cnc(Nc4ccc(-n5cccn5)cc4F)cc3n2)CC1.CN1CCC([C@H](O)c2ccc3cnc(Nc4ccc(-n5cccn5)cc4F)cc3n2)CC1. The third kappa shape index (κ3) is 15.2. The molecule has 0 aliphatic carbocycles. The van der Waals surface area contributed by atoms with Crippen molar-refractivity contribution in [2.24, 2.45) is 17.8 Å². The van der Waals surface area contributed by atoms with Gasteiger partial charge in [0.05, 0.1) is 74.3 Å². The van der Waals surface area contributed by atoms with Crippen molar-refractivity contribution in [2.75, 3.05) is 76.4 Å². The van der Waals surface area contributed by atoms with Gasteiger partial charge >= 0.3 is 0 Å². The summed E-state index contributed by atoms with van der Waals surface area (Å²) in [5.74, 6) is 0.723. The number of hydrogen-bond acceptors (Lipinski definition) is 18. The molecule has 9 aromatic heterocycles. The molecule has 96 heavy (non-hydrogen) atoms. The molecule has 490 valence electrons. The highest BCUT2D eigenvalue weighted by Crippen LogP contribution is 2.34. The van der Waals surface area contributed by atoms with Gasteiger partial charge in [0, 0.05) is 114 Å². The van der Waals surface area contributed by atoms with Crippen molar-refractivity contribution in [1.29, 1.82) is 0 Å². The molecule has 3 aliphatic heterocycles. The Balaban J connectivity index is 0.000000130. The number of nitrogens with one attached hydrogen (secondary N) is 3. The van der Waals surface area contributed by atoms with Gasteiger partial charge in [0.2, 0.25) is 0 Å². The Labute approximate surface area is 552 Å². The van der Waals surface area contributed by atoms with Gasteiger partial charge in [0.15, 0.2) is 5.78 Å². The predicted molar refractivity (Wildman–Crippen MR) is 364 cm³/mol. The highest BCUT2D eigenvalue weighted by atomic mass is 19.1. The second-order valence-electron chi connectivity index (χ2n) is 24.8. The van der Waals surface area contributed by atoms with E-state index in [0.717, 1.165) is 94.0 Å². The summed E-state index contributed by atoms with van der Waals surface area (Å²) in [5.41, 5.74) is 6.70. The van der Waals surface area contributed by atoms with Crippen LogP contribution >= 0.6 is 0 Å². The lowest BCUT2D eigenvalue weighted by molar-refractivity contribution is 0.0628. The van der Waals surface area contributed by atoms with Crippen molar-refractivity contribution in [3.63, 3.8) is 0 Å². The van der Waals surface area contributed by atoms with Gasteiger partial charge < -0.3 is 40.9 Å². The molecule has 21 nitrogen and oxygen atoms in total. The molecule has 3 saturated heterocycles. The Morgan fingerprint density at radius 1 is 0.448 bits per heavy atom. The smallest absolute Gasteiger partial charge is 0.184 e. The van der Waals surface area contributed by atoms with E-state index in [1.165, 1.54) is 18.2 Å². The summed E-state index contributed by atoms with van der Waals surface area (Å²) < 4.78 is 48.8. The van der Waals surface area contributed by atoms with Gasteiger partial charge in [-0.25, -0.2) is 57.1 Å². The van der Waals surface area contributed by atoms with E-state index in [1.54, 1.807) is 149 Å². The zero-order chi connectivity index (χ0) is 66.2. The van der Waals surface area contributed by atoms with Crippen LogP contribution in [0, 0.1) is 35.2 Å². The minimum atomic E-state index is -0.593. The molecule has 2 atom stereocenters. The summed E-state index contributed by atoms with van der Waals surface area (Å²) in [4.78, 5) is 46.8. The molecule has 0 spiro atoms. The maximum absolute atomic E-state index is 14.7. The van der Waals surface area contributed by atoms with Gasteiger partial charge in [0.1, 0.15) is 40.6 Å². The maximum atomic E-state index is 14.7. The first-order valence-electron chi connectivity index (χ1n) is 32.2. The second-order valence-corrected chi connectivity index (χ2v) is 24.8. The highest BCUT2D eigenvalue weighted by Gasteiger charge is 2.29. The number of ketones is 1. The van der Waals surface area contributed by atoms with Gasteiger partial charge in [-0.05, 0) is 202 Å². The van der Waals surface area contributed by atoms with Crippen molar-refractivity contribution in [3.05, 3.63) is 218 Å². The Hall–Kier alpha value is -10.4. The molecule has 12 aromatic rings. The topological polar surface area (TPSA) is 234 Å². The van der Waals surface area contributed by atoms with E-state index in [-0.39, 0.29) is 23.5 Å². The standard InChI is InChI=1S/2C24H25FN6O.C24H23FN6O/c3*1-30-11-7-16(8-12-30)24(32)21-5-3-17-15-26-23(14-22(17)28-21)29-20-6-4-18(13-19(20)25)31-10-2-9-27-31/h2*2-6,9-10,13-16,24,32H,7-8,11-12H2,1H3,(H,26,29);2-6,9-10,13-16H,7-8,11-12H2,1H3,(H,26,29)/t2*24-;/m10./s1. The van der Waals surface area contributed by atoms with Gasteiger partial charge in [-0.2, -0.15) is 15.3 Å². The largest absolute Gasteiger partial charge is 0.387 e. The van der Waals surface area contributed by atoms with E-state index >= 15 is 0 Å². The van der Waals surface area contributed by atoms with Gasteiger partial charge in [-0.3, -0.25) is 4.79 Å². The highest BCUT2D eigenvalue weighted by molar-refractivity contribution is 5.98. The first-order chi connectivity index (χ1) is 46.7. The number of halogens is 3. The minimum Gasteiger partial charge on any atom is -0.387 e. The number of pyridine rings is 6. The maximum Gasteiger partial charge on any atom is 0.184 e. The normalized spacial score (nSPS) is 16.0. The van der Waals surface area contributed by atoms with E-state index in [2.05, 4.69) is 87.0 Å². The molecule has 3 aliphatic rings. The Morgan fingerprint density at radius 2 is 0.792 bits per heavy atom. The summed E-state index contributed by atoms with van der Waals surface area (Å²) in [7, 11) is 6.28. The Morgan fingerprint density at radius 3 is 1.14 bits per heavy atom. The van der Waals surface area contributed by atoms with Crippen LogP contribution in [0.1, 0.15) is 72.6 Å². The van der Waals surface area contributed by atoms with E-state index in [4.69, 9.17) is 9.97 Å². The van der Waals surface area contributed by atoms with Gasteiger partial charge in [0.25, 0.3) is 0 Å². The molecule has 3 fully saturated rings. The number of carbonyl (C=O) groups is 1. The van der Waals surface area contributed by atoms with Crippen LogP contribution in [-0.2, 0) is 0 Å². The fraction of sp³-hybridized carbons (Fsp3) is 0.278. The Bertz CT molecular complexity index is 4440.